The van der Waals surface area contributed by atoms with Crippen molar-refractivity contribution in [2.45, 2.75) is 45.2 Å². The molecule has 4 rings (SSSR count). The number of halogens is 1. The van der Waals surface area contributed by atoms with Gasteiger partial charge in [-0.25, -0.2) is 0 Å². The van der Waals surface area contributed by atoms with Crippen molar-refractivity contribution in [1.29, 1.82) is 0 Å². The quantitative estimate of drug-likeness (QED) is 0.281. The molecule has 1 N–H and O–H groups in total. The third-order valence-electron chi connectivity index (χ3n) is 5.81. The average Bonchev–Trinajstić information content (AvgIpc) is 3.24. The molecule has 0 radical (unpaired) electrons. The number of carbonyl (C=O) groups excluding carboxylic acids is 1. The van der Waals surface area contributed by atoms with E-state index in [4.69, 9.17) is 11.6 Å². The summed E-state index contributed by atoms with van der Waals surface area (Å²) in [5.41, 5.74) is 6.07. The molecule has 0 bridgehead atoms. The average molecular weight is 505 g/mol. The molecule has 7 heteroatoms. The van der Waals surface area contributed by atoms with Crippen molar-refractivity contribution in [2.75, 3.05) is 11.1 Å². The Balaban J connectivity index is 1.63. The van der Waals surface area contributed by atoms with Crippen LogP contribution in [0, 0.1) is 13.8 Å². The van der Waals surface area contributed by atoms with Crippen LogP contribution >= 0.6 is 23.4 Å². The summed E-state index contributed by atoms with van der Waals surface area (Å²) in [7, 11) is 0. The first-order valence-corrected chi connectivity index (χ1v) is 12.8. The van der Waals surface area contributed by atoms with Crippen molar-refractivity contribution in [2.24, 2.45) is 0 Å². The van der Waals surface area contributed by atoms with Crippen LogP contribution in [-0.2, 0) is 10.2 Å². The van der Waals surface area contributed by atoms with Crippen LogP contribution in [0.15, 0.2) is 71.9 Å². The van der Waals surface area contributed by atoms with Gasteiger partial charge >= 0.3 is 0 Å². The highest BCUT2D eigenvalue weighted by Gasteiger charge is 2.19. The number of anilines is 1. The van der Waals surface area contributed by atoms with E-state index >= 15 is 0 Å². The number of amides is 1. The second-order valence-electron chi connectivity index (χ2n) is 9.55. The maximum absolute atomic E-state index is 12.8. The number of nitrogens with zero attached hydrogens (tertiary/aromatic N) is 3. The molecule has 0 saturated heterocycles. The number of hydrogen-bond acceptors (Lipinski definition) is 4. The smallest absolute Gasteiger partial charge is 0.234 e. The second kappa shape index (κ2) is 10.3. The van der Waals surface area contributed by atoms with Crippen LogP contribution in [-0.4, -0.2) is 26.4 Å². The lowest BCUT2D eigenvalue weighted by Crippen LogP contribution is -2.16. The molecule has 0 fully saturated rings. The van der Waals surface area contributed by atoms with Crippen LogP contribution in [0.1, 0.15) is 37.5 Å². The lowest BCUT2D eigenvalue weighted by molar-refractivity contribution is -0.113. The third kappa shape index (κ3) is 5.77. The summed E-state index contributed by atoms with van der Waals surface area (Å²) >= 11 is 7.49. The van der Waals surface area contributed by atoms with Gasteiger partial charge in [-0.3, -0.25) is 9.36 Å². The minimum atomic E-state index is -0.0888. The van der Waals surface area contributed by atoms with Gasteiger partial charge in [-0.15, -0.1) is 10.2 Å². The monoisotopic (exact) mass is 504 g/mol. The minimum Gasteiger partial charge on any atom is -0.325 e. The lowest BCUT2D eigenvalue weighted by atomic mass is 9.87. The number of nitrogens with one attached hydrogen (secondary N) is 1. The summed E-state index contributed by atoms with van der Waals surface area (Å²) in [5, 5.41) is 13.3. The van der Waals surface area contributed by atoms with E-state index in [0.717, 1.165) is 28.1 Å². The van der Waals surface area contributed by atoms with Gasteiger partial charge in [0.15, 0.2) is 11.0 Å². The largest absolute Gasteiger partial charge is 0.325 e. The molecule has 0 aliphatic heterocycles. The first-order chi connectivity index (χ1) is 16.6. The lowest BCUT2D eigenvalue weighted by Gasteiger charge is -2.19. The predicted molar refractivity (Wildman–Crippen MR) is 146 cm³/mol. The Labute approximate surface area is 215 Å². The number of aryl methyl sites for hydroxylation is 2. The molecule has 1 amide bonds. The number of benzene rings is 3. The van der Waals surface area contributed by atoms with E-state index < -0.39 is 0 Å². The number of thioether (sulfide) groups is 1. The van der Waals surface area contributed by atoms with E-state index in [0.29, 0.717) is 16.0 Å². The van der Waals surface area contributed by atoms with Gasteiger partial charge in [0.05, 0.1) is 5.75 Å². The fourth-order valence-corrected chi connectivity index (χ4v) is 4.69. The molecule has 35 heavy (non-hydrogen) atoms. The molecule has 180 valence electrons. The maximum Gasteiger partial charge on any atom is 0.234 e. The van der Waals surface area contributed by atoms with Crippen molar-refractivity contribution in [3.8, 4) is 17.1 Å². The van der Waals surface area contributed by atoms with Gasteiger partial charge in [-0.2, -0.15) is 0 Å². The van der Waals surface area contributed by atoms with Gasteiger partial charge in [0, 0.05) is 22.0 Å². The fourth-order valence-electron chi connectivity index (χ4n) is 3.81. The van der Waals surface area contributed by atoms with E-state index in [1.54, 1.807) is 0 Å². The standard InChI is InChI=1S/C28H29ClN4OS/c1-18-7-6-8-19(2)25(18)30-24(34)17-35-27-32-31-26(33(27)23-15-13-22(29)14-16-23)20-9-11-21(12-10-20)28(3,4)5/h6-16H,17H2,1-5H3,(H,30,34). The molecule has 0 aliphatic rings. The van der Waals surface area contributed by atoms with Gasteiger partial charge in [0.25, 0.3) is 0 Å². The molecule has 5 nitrogen and oxygen atoms in total. The van der Waals surface area contributed by atoms with Crippen molar-refractivity contribution < 1.29 is 4.79 Å². The Hall–Kier alpha value is -3.09. The molecule has 0 aliphatic carbocycles. The molecule has 0 atom stereocenters. The van der Waals surface area contributed by atoms with E-state index in [9.17, 15) is 4.79 Å². The first-order valence-electron chi connectivity index (χ1n) is 11.4. The molecule has 1 aromatic heterocycles. The zero-order valence-corrected chi connectivity index (χ0v) is 22.2. The third-order valence-corrected chi connectivity index (χ3v) is 6.99. The highest BCUT2D eigenvalue weighted by atomic mass is 35.5. The zero-order chi connectivity index (χ0) is 25.2. The summed E-state index contributed by atoms with van der Waals surface area (Å²) in [6.07, 6.45) is 0. The van der Waals surface area contributed by atoms with Gasteiger partial charge in [0.1, 0.15) is 0 Å². The van der Waals surface area contributed by atoms with Crippen molar-refractivity contribution in [1.82, 2.24) is 14.8 Å². The zero-order valence-electron chi connectivity index (χ0n) is 20.6. The number of aromatic nitrogens is 3. The van der Waals surface area contributed by atoms with Crippen molar-refractivity contribution in [3.05, 3.63) is 88.4 Å². The molecular formula is C28H29ClN4OS. The van der Waals surface area contributed by atoms with Gasteiger partial charge < -0.3 is 5.32 Å². The number of rotatable bonds is 6. The van der Waals surface area contributed by atoms with Crippen LogP contribution in [0.4, 0.5) is 5.69 Å². The summed E-state index contributed by atoms with van der Waals surface area (Å²) < 4.78 is 1.97. The molecule has 0 unspecified atom stereocenters. The molecule has 0 spiro atoms. The molecule has 4 aromatic rings. The number of hydrogen-bond donors (Lipinski definition) is 1. The van der Waals surface area contributed by atoms with Crippen molar-refractivity contribution in [3.63, 3.8) is 0 Å². The Morgan fingerprint density at radius 3 is 2.17 bits per heavy atom. The highest BCUT2D eigenvalue weighted by Crippen LogP contribution is 2.31. The second-order valence-corrected chi connectivity index (χ2v) is 10.9. The molecule has 1 heterocycles. The van der Waals surface area contributed by atoms with E-state index in [1.165, 1.54) is 17.3 Å². The Morgan fingerprint density at radius 1 is 0.943 bits per heavy atom. The van der Waals surface area contributed by atoms with Crippen LogP contribution < -0.4 is 5.32 Å². The van der Waals surface area contributed by atoms with E-state index in [1.807, 2.05) is 60.9 Å². The van der Waals surface area contributed by atoms with Crippen molar-refractivity contribution >= 4 is 35.0 Å². The van der Waals surface area contributed by atoms with E-state index in [-0.39, 0.29) is 17.1 Å². The highest BCUT2D eigenvalue weighted by molar-refractivity contribution is 7.99. The number of para-hydroxylation sites is 1. The van der Waals surface area contributed by atoms with Crippen LogP contribution in [0.3, 0.4) is 0 Å². The predicted octanol–water partition coefficient (Wildman–Crippen LogP) is 7.23. The van der Waals surface area contributed by atoms with Crippen LogP contribution in [0.25, 0.3) is 17.1 Å². The van der Waals surface area contributed by atoms with Gasteiger partial charge in [0.2, 0.25) is 5.91 Å². The van der Waals surface area contributed by atoms with E-state index in [2.05, 4.69) is 60.6 Å². The summed E-state index contributed by atoms with van der Waals surface area (Å²) in [6.45, 7) is 10.6. The minimum absolute atomic E-state index is 0.0617. The molecule has 3 aromatic carbocycles. The van der Waals surface area contributed by atoms with Crippen LogP contribution in [0.2, 0.25) is 5.02 Å². The fraction of sp³-hybridized carbons (Fsp3) is 0.250. The maximum atomic E-state index is 12.8. The van der Waals surface area contributed by atoms with Gasteiger partial charge in [-0.05, 0) is 60.2 Å². The summed E-state index contributed by atoms with van der Waals surface area (Å²) in [4.78, 5) is 12.8. The SMILES string of the molecule is Cc1cccc(C)c1NC(=O)CSc1nnc(-c2ccc(C(C)(C)C)cc2)n1-c1ccc(Cl)cc1. The van der Waals surface area contributed by atoms with Crippen LogP contribution in [0.5, 0.6) is 0 Å². The van der Waals surface area contributed by atoms with Gasteiger partial charge in [-0.1, -0.05) is 86.6 Å². The Morgan fingerprint density at radius 2 is 1.57 bits per heavy atom. The normalized spacial score (nSPS) is 11.5. The Kier molecular flexibility index (Phi) is 7.33. The molecular weight excluding hydrogens is 476 g/mol. The molecule has 0 saturated carbocycles. The topological polar surface area (TPSA) is 59.8 Å². The summed E-state index contributed by atoms with van der Waals surface area (Å²) in [6, 6.07) is 21.9. The Bertz CT molecular complexity index is 1320. The first kappa shape index (κ1) is 25.0. The number of carbonyl (C=O) groups is 1. The summed E-state index contributed by atoms with van der Waals surface area (Å²) in [5.74, 6) is 0.835.